The summed E-state index contributed by atoms with van der Waals surface area (Å²) < 4.78 is 36.3. The first-order valence-electron chi connectivity index (χ1n) is 10.3. The lowest BCUT2D eigenvalue weighted by Gasteiger charge is -2.14. The molecule has 1 saturated heterocycles. The highest BCUT2D eigenvalue weighted by Crippen LogP contribution is 2.40. The molecule has 0 spiro atoms. The van der Waals surface area contributed by atoms with Gasteiger partial charge in [-0.15, -0.1) is 0 Å². The van der Waals surface area contributed by atoms with Crippen LogP contribution in [-0.2, 0) is 14.9 Å². The number of rotatable bonds is 7. The third-order valence-electron chi connectivity index (χ3n) is 4.56. The van der Waals surface area contributed by atoms with E-state index in [4.69, 9.17) is 32.1 Å². The molecule has 1 aliphatic rings. The number of carbonyl (C=O) groups excluding carboxylic acids is 1. The van der Waals surface area contributed by atoms with Gasteiger partial charge in [0, 0.05) is 5.02 Å². The third kappa shape index (κ3) is 6.18. The van der Waals surface area contributed by atoms with Crippen molar-refractivity contribution in [1.29, 1.82) is 0 Å². The largest absolute Gasteiger partial charge is 0.490 e. The Morgan fingerprint density at radius 2 is 1.77 bits per heavy atom. The number of halogens is 2. The number of thioether (sulfide) groups is 1. The molecule has 180 valence electrons. The van der Waals surface area contributed by atoms with Gasteiger partial charge in [-0.3, -0.25) is 4.79 Å². The van der Waals surface area contributed by atoms with E-state index in [1.54, 1.807) is 61.5 Å². The minimum atomic E-state index is -4.13. The predicted molar refractivity (Wildman–Crippen MR) is 139 cm³/mol. The van der Waals surface area contributed by atoms with E-state index in [1.807, 2.05) is 0 Å². The van der Waals surface area contributed by atoms with Gasteiger partial charge in [-0.2, -0.15) is 8.42 Å². The minimum absolute atomic E-state index is 0.0146. The summed E-state index contributed by atoms with van der Waals surface area (Å²) in [6.07, 6.45) is 1.61. The molecule has 0 unspecified atom stereocenters. The number of nitrogens with one attached hydrogen (secondary N) is 1. The average molecular weight is 549 g/mol. The van der Waals surface area contributed by atoms with Crippen molar-refractivity contribution in [3.05, 3.63) is 87.2 Å². The van der Waals surface area contributed by atoms with Crippen molar-refractivity contribution in [1.82, 2.24) is 5.32 Å². The lowest BCUT2D eigenvalue weighted by Crippen LogP contribution is -2.19. The number of nitrogens with zero attached hydrogens (tertiary/aromatic N) is 1. The molecule has 4 rings (SSSR count). The first-order valence-corrected chi connectivity index (χ1v) is 13.2. The number of hydrogen-bond donors (Lipinski definition) is 1. The molecule has 11 heteroatoms. The maximum atomic E-state index is 12.7. The quantitative estimate of drug-likeness (QED) is 0.285. The van der Waals surface area contributed by atoms with Crippen LogP contribution in [0.3, 0.4) is 0 Å². The summed E-state index contributed by atoms with van der Waals surface area (Å²) in [7, 11) is -4.13. The molecule has 0 bridgehead atoms. The SMILES string of the molecule is CCOc1cc(/C=C2\SC(=Nc3ccc(Cl)cc3)NC2=O)cc(Cl)c1OS(=O)(=O)c1ccccc1. The highest BCUT2D eigenvalue weighted by molar-refractivity contribution is 8.18. The van der Waals surface area contributed by atoms with Gasteiger partial charge in [0.15, 0.2) is 10.9 Å². The van der Waals surface area contributed by atoms with Crippen LogP contribution in [0.15, 0.2) is 81.5 Å². The van der Waals surface area contributed by atoms with E-state index in [1.165, 1.54) is 18.2 Å². The zero-order valence-electron chi connectivity index (χ0n) is 18.2. The third-order valence-corrected chi connectivity index (χ3v) is 7.24. The topological polar surface area (TPSA) is 94.1 Å². The van der Waals surface area contributed by atoms with E-state index < -0.39 is 10.1 Å². The number of amidine groups is 1. The van der Waals surface area contributed by atoms with Gasteiger partial charge in [-0.1, -0.05) is 41.4 Å². The van der Waals surface area contributed by atoms with E-state index in [2.05, 4.69) is 10.3 Å². The lowest BCUT2D eigenvalue weighted by molar-refractivity contribution is -0.115. The van der Waals surface area contributed by atoms with Crippen molar-refractivity contribution in [2.75, 3.05) is 6.61 Å². The Morgan fingerprint density at radius 3 is 2.46 bits per heavy atom. The molecule has 1 amide bonds. The maximum absolute atomic E-state index is 12.7. The van der Waals surface area contributed by atoms with Crippen LogP contribution in [0.5, 0.6) is 11.5 Å². The Labute approximate surface area is 216 Å². The van der Waals surface area contributed by atoms with E-state index >= 15 is 0 Å². The summed E-state index contributed by atoms with van der Waals surface area (Å²) >= 11 is 13.4. The normalized spacial score (nSPS) is 15.9. The molecule has 1 heterocycles. The Balaban J connectivity index is 1.62. The summed E-state index contributed by atoms with van der Waals surface area (Å²) in [5.41, 5.74) is 1.16. The number of hydrogen-bond acceptors (Lipinski definition) is 7. The highest BCUT2D eigenvalue weighted by atomic mass is 35.5. The van der Waals surface area contributed by atoms with Crippen molar-refractivity contribution in [3.63, 3.8) is 0 Å². The molecule has 1 fully saturated rings. The van der Waals surface area contributed by atoms with Crippen LogP contribution < -0.4 is 14.2 Å². The van der Waals surface area contributed by atoms with E-state index in [9.17, 15) is 13.2 Å². The zero-order valence-corrected chi connectivity index (χ0v) is 21.3. The van der Waals surface area contributed by atoms with Crippen molar-refractivity contribution in [3.8, 4) is 11.5 Å². The van der Waals surface area contributed by atoms with Crippen LogP contribution >= 0.6 is 35.0 Å². The first-order chi connectivity index (χ1) is 16.7. The van der Waals surface area contributed by atoms with Crippen LogP contribution in [0.4, 0.5) is 5.69 Å². The molecule has 3 aromatic rings. The number of carbonyl (C=O) groups is 1. The van der Waals surface area contributed by atoms with Gasteiger partial charge in [0.2, 0.25) is 5.75 Å². The van der Waals surface area contributed by atoms with Gasteiger partial charge >= 0.3 is 10.1 Å². The van der Waals surface area contributed by atoms with Crippen LogP contribution in [-0.4, -0.2) is 26.1 Å². The molecule has 3 aromatic carbocycles. The Bertz CT molecular complexity index is 1420. The highest BCUT2D eigenvalue weighted by Gasteiger charge is 2.25. The number of aliphatic imine (C=N–C) groups is 1. The molecule has 1 aliphatic heterocycles. The zero-order chi connectivity index (χ0) is 25.0. The second kappa shape index (κ2) is 10.7. The van der Waals surface area contributed by atoms with Gasteiger partial charge in [-0.05, 0) is 78.9 Å². The lowest BCUT2D eigenvalue weighted by atomic mass is 10.2. The predicted octanol–water partition coefficient (Wildman–Crippen LogP) is 6.05. The maximum Gasteiger partial charge on any atom is 0.339 e. The molecule has 35 heavy (non-hydrogen) atoms. The number of ether oxygens (including phenoxy) is 1. The van der Waals surface area contributed by atoms with Crippen molar-refractivity contribution in [2.24, 2.45) is 4.99 Å². The van der Waals surface area contributed by atoms with E-state index in [0.29, 0.717) is 26.3 Å². The summed E-state index contributed by atoms with van der Waals surface area (Å²) in [6.45, 7) is 1.99. The van der Waals surface area contributed by atoms with Gasteiger partial charge < -0.3 is 14.2 Å². The Hall–Kier alpha value is -2.98. The summed E-state index contributed by atoms with van der Waals surface area (Å²) in [6, 6.07) is 17.6. The van der Waals surface area contributed by atoms with E-state index in [0.717, 1.165) is 11.8 Å². The molecule has 0 radical (unpaired) electrons. The van der Waals surface area contributed by atoms with Gasteiger partial charge in [0.1, 0.15) is 4.90 Å². The van der Waals surface area contributed by atoms with Crippen LogP contribution in [0, 0.1) is 0 Å². The first kappa shape index (κ1) is 25.1. The van der Waals surface area contributed by atoms with Gasteiger partial charge in [0.25, 0.3) is 5.91 Å². The monoisotopic (exact) mass is 548 g/mol. The standard InChI is InChI=1S/C24H18Cl2N2O5S2/c1-2-32-20-13-15(12-19(26)22(20)33-35(30,31)18-6-4-3-5-7-18)14-21-23(29)28-24(34-21)27-17-10-8-16(25)9-11-17/h3-14H,2H2,1H3,(H,27,28,29)/b21-14-. The smallest absolute Gasteiger partial charge is 0.339 e. The molecular formula is C24H18Cl2N2O5S2. The fourth-order valence-electron chi connectivity index (χ4n) is 3.02. The molecule has 0 aliphatic carbocycles. The fraction of sp³-hybridized carbons (Fsp3) is 0.0833. The van der Waals surface area contributed by atoms with Crippen molar-refractivity contribution >= 4 is 67.9 Å². The van der Waals surface area contributed by atoms with E-state index in [-0.39, 0.29) is 33.9 Å². The molecule has 0 saturated carbocycles. The Kier molecular flexibility index (Phi) is 7.71. The average Bonchev–Trinajstić information content (AvgIpc) is 3.17. The van der Waals surface area contributed by atoms with Crippen LogP contribution in [0.1, 0.15) is 12.5 Å². The Morgan fingerprint density at radius 1 is 1.06 bits per heavy atom. The number of amides is 1. The molecule has 1 N–H and O–H groups in total. The summed E-state index contributed by atoms with van der Waals surface area (Å²) in [4.78, 5) is 17.2. The second-order valence-electron chi connectivity index (χ2n) is 7.07. The molecule has 0 aromatic heterocycles. The van der Waals surface area contributed by atoms with Crippen molar-refractivity contribution in [2.45, 2.75) is 11.8 Å². The minimum Gasteiger partial charge on any atom is -0.490 e. The fourth-order valence-corrected chi connectivity index (χ4v) is 5.27. The van der Waals surface area contributed by atoms with Crippen LogP contribution in [0.25, 0.3) is 6.08 Å². The number of benzene rings is 3. The second-order valence-corrected chi connectivity index (χ2v) is 10.5. The summed E-state index contributed by atoms with van der Waals surface area (Å²) in [5, 5.41) is 3.72. The molecule has 7 nitrogen and oxygen atoms in total. The van der Waals surface area contributed by atoms with Crippen LogP contribution in [0.2, 0.25) is 10.0 Å². The molecule has 0 atom stereocenters. The molecular weight excluding hydrogens is 531 g/mol. The van der Waals surface area contributed by atoms with Crippen molar-refractivity contribution < 1.29 is 22.1 Å². The van der Waals surface area contributed by atoms with Gasteiger partial charge in [0.05, 0.1) is 22.2 Å². The summed E-state index contributed by atoms with van der Waals surface area (Å²) in [5.74, 6) is -0.332. The van der Waals surface area contributed by atoms with Gasteiger partial charge in [-0.25, -0.2) is 4.99 Å².